The van der Waals surface area contributed by atoms with Gasteiger partial charge in [-0.3, -0.25) is 4.99 Å². The molecule has 0 aromatic heterocycles. The zero-order valence-corrected chi connectivity index (χ0v) is 15.8. The molecule has 0 spiro atoms. The van der Waals surface area contributed by atoms with Crippen LogP contribution in [0.2, 0.25) is 0 Å². The number of nitrogens with one attached hydrogen (secondary N) is 2. The first kappa shape index (κ1) is 20.3. The van der Waals surface area contributed by atoms with Crippen LogP contribution in [-0.4, -0.2) is 52.6 Å². The number of aliphatic imine (C=N–C) groups is 1. The van der Waals surface area contributed by atoms with E-state index in [4.69, 9.17) is 4.74 Å². The van der Waals surface area contributed by atoms with Crippen molar-refractivity contribution in [2.24, 2.45) is 4.99 Å². The molecule has 6 nitrogen and oxygen atoms in total. The number of ether oxygens (including phenoxy) is 1. The summed E-state index contributed by atoms with van der Waals surface area (Å²) in [4.78, 5) is 4.55. The molecule has 0 radical (unpaired) electrons. The van der Waals surface area contributed by atoms with Gasteiger partial charge < -0.3 is 15.4 Å². The van der Waals surface area contributed by atoms with Crippen molar-refractivity contribution in [2.45, 2.75) is 32.7 Å². The van der Waals surface area contributed by atoms with Crippen LogP contribution in [0.25, 0.3) is 0 Å². The zero-order valence-electron chi connectivity index (χ0n) is 15.0. The zero-order chi connectivity index (χ0) is 18.0. The summed E-state index contributed by atoms with van der Waals surface area (Å²) >= 11 is 0. The van der Waals surface area contributed by atoms with Crippen LogP contribution < -0.4 is 15.4 Å². The van der Waals surface area contributed by atoms with Crippen LogP contribution in [0.1, 0.15) is 25.8 Å². The molecule has 1 aromatic carbocycles. The van der Waals surface area contributed by atoms with Crippen molar-refractivity contribution in [1.29, 1.82) is 0 Å². The summed E-state index contributed by atoms with van der Waals surface area (Å²) in [7, 11) is -1.28. The molecule has 1 aromatic rings. The second-order valence-electron chi connectivity index (χ2n) is 5.83. The summed E-state index contributed by atoms with van der Waals surface area (Å²) in [5.41, 5.74) is 1.17. The van der Waals surface area contributed by atoms with E-state index in [0.717, 1.165) is 18.7 Å². The number of nitrogens with zero attached hydrogens (tertiary/aromatic N) is 1. The Labute approximate surface area is 145 Å². The average molecular weight is 356 g/mol. The van der Waals surface area contributed by atoms with E-state index in [2.05, 4.69) is 15.6 Å². The Morgan fingerprint density at radius 2 is 2.12 bits per heavy atom. The Hall–Kier alpha value is -1.76. The van der Waals surface area contributed by atoms with Crippen molar-refractivity contribution in [3.8, 4) is 5.75 Å². The van der Waals surface area contributed by atoms with Gasteiger partial charge in [0.25, 0.3) is 0 Å². The number of methoxy groups -OCH3 is 1. The van der Waals surface area contributed by atoms with Crippen LogP contribution in [0.4, 0.5) is 0 Å². The molecule has 24 heavy (non-hydrogen) atoms. The Morgan fingerprint density at radius 1 is 1.38 bits per heavy atom. The second-order valence-corrected chi connectivity index (χ2v) is 8.09. The van der Waals surface area contributed by atoms with Crippen LogP contribution in [0.15, 0.2) is 29.3 Å². The van der Waals surface area contributed by atoms with E-state index in [9.17, 15) is 8.42 Å². The first-order valence-electron chi connectivity index (χ1n) is 8.19. The maximum atomic E-state index is 11.2. The van der Waals surface area contributed by atoms with Crippen LogP contribution in [0.5, 0.6) is 5.75 Å². The van der Waals surface area contributed by atoms with E-state index in [0.29, 0.717) is 18.9 Å². The molecule has 0 aliphatic heterocycles. The highest BCUT2D eigenvalue weighted by Crippen LogP contribution is 2.12. The van der Waals surface area contributed by atoms with Gasteiger partial charge in [-0.1, -0.05) is 12.1 Å². The minimum absolute atomic E-state index is 0.0364. The van der Waals surface area contributed by atoms with E-state index in [1.54, 1.807) is 7.11 Å². The summed E-state index contributed by atoms with van der Waals surface area (Å²) in [6.45, 7) is 5.35. The summed E-state index contributed by atoms with van der Waals surface area (Å²) in [5, 5.41) is 6.43. The van der Waals surface area contributed by atoms with Crippen LogP contribution in [0.3, 0.4) is 0 Å². The van der Waals surface area contributed by atoms with Gasteiger partial charge >= 0.3 is 0 Å². The Kier molecular flexibility index (Phi) is 8.60. The molecule has 0 fully saturated rings. The van der Waals surface area contributed by atoms with Gasteiger partial charge in [-0.05, 0) is 44.4 Å². The summed E-state index contributed by atoms with van der Waals surface area (Å²) in [6, 6.07) is 7.98. The smallest absolute Gasteiger partial charge is 0.191 e. The summed E-state index contributed by atoms with van der Waals surface area (Å²) < 4.78 is 27.7. The minimum Gasteiger partial charge on any atom is -0.497 e. The maximum absolute atomic E-state index is 11.2. The third-order valence-electron chi connectivity index (χ3n) is 3.45. The number of sulfone groups is 1. The standard InChI is InChI=1S/C17H29N3O3S/c1-5-18-17(20-14(2)10-12-24(4,21)22)19-11-9-15-7-6-8-16(13-15)23-3/h6-8,13-14H,5,9-12H2,1-4H3,(H2,18,19,20). The molecule has 0 amide bonds. The largest absolute Gasteiger partial charge is 0.497 e. The van der Waals surface area contributed by atoms with E-state index < -0.39 is 9.84 Å². The van der Waals surface area contributed by atoms with Gasteiger partial charge in [-0.15, -0.1) is 0 Å². The predicted molar refractivity (Wildman–Crippen MR) is 99.6 cm³/mol. The highest BCUT2D eigenvalue weighted by molar-refractivity contribution is 7.90. The van der Waals surface area contributed by atoms with Crippen molar-refractivity contribution in [3.63, 3.8) is 0 Å². The minimum atomic E-state index is -2.94. The van der Waals surface area contributed by atoms with Crippen molar-refractivity contribution >= 4 is 15.8 Å². The molecule has 0 aliphatic rings. The van der Waals surface area contributed by atoms with Gasteiger partial charge in [0.15, 0.2) is 5.96 Å². The molecule has 0 aliphatic carbocycles. The fraction of sp³-hybridized carbons (Fsp3) is 0.588. The molecular formula is C17H29N3O3S. The molecule has 7 heteroatoms. The normalized spacial score (nSPS) is 13.4. The lowest BCUT2D eigenvalue weighted by Crippen LogP contribution is -2.43. The molecule has 0 heterocycles. The van der Waals surface area contributed by atoms with Gasteiger partial charge in [0, 0.05) is 25.4 Å². The first-order valence-corrected chi connectivity index (χ1v) is 10.3. The molecule has 0 bridgehead atoms. The van der Waals surface area contributed by atoms with Crippen molar-refractivity contribution in [2.75, 3.05) is 32.2 Å². The van der Waals surface area contributed by atoms with E-state index in [-0.39, 0.29) is 11.8 Å². The number of rotatable bonds is 9. The van der Waals surface area contributed by atoms with Crippen LogP contribution in [-0.2, 0) is 16.3 Å². The van der Waals surface area contributed by atoms with Crippen molar-refractivity contribution in [1.82, 2.24) is 10.6 Å². The summed E-state index contributed by atoms with van der Waals surface area (Å²) in [6.07, 6.45) is 2.62. The highest BCUT2D eigenvalue weighted by atomic mass is 32.2. The van der Waals surface area contributed by atoms with Gasteiger partial charge in [0.2, 0.25) is 0 Å². The Morgan fingerprint density at radius 3 is 2.75 bits per heavy atom. The number of benzene rings is 1. The van der Waals surface area contributed by atoms with E-state index in [1.165, 1.54) is 11.8 Å². The number of guanidine groups is 1. The Balaban J connectivity index is 2.54. The fourth-order valence-electron chi connectivity index (χ4n) is 2.14. The van der Waals surface area contributed by atoms with Gasteiger partial charge in [0.05, 0.1) is 12.9 Å². The van der Waals surface area contributed by atoms with Gasteiger partial charge in [-0.2, -0.15) is 0 Å². The predicted octanol–water partition coefficient (Wildman–Crippen LogP) is 1.62. The second kappa shape index (κ2) is 10.2. The average Bonchev–Trinajstić information content (AvgIpc) is 2.52. The summed E-state index contributed by atoms with van der Waals surface area (Å²) in [5.74, 6) is 1.72. The lowest BCUT2D eigenvalue weighted by Gasteiger charge is -2.17. The van der Waals surface area contributed by atoms with Gasteiger partial charge in [-0.25, -0.2) is 8.42 Å². The van der Waals surface area contributed by atoms with Gasteiger partial charge in [0.1, 0.15) is 15.6 Å². The molecule has 136 valence electrons. The van der Waals surface area contributed by atoms with Crippen molar-refractivity contribution in [3.05, 3.63) is 29.8 Å². The molecular weight excluding hydrogens is 326 g/mol. The lowest BCUT2D eigenvalue weighted by molar-refractivity contribution is 0.414. The first-order chi connectivity index (χ1) is 11.3. The molecule has 1 atom stereocenters. The van der Waals surface area contributed by atoms with Crippen LogP contribution in [0, 0.1) is 0 Å². The third-order valence-corrected chi connectivity index (χ3v) is 4.43. The SMILES string of the molecule is CCNC(=NCCc1cccc(OC)c1)NC(C)CCS(C)(=O)=O. The molecule has 0 saturated carbocycles. The fourth-order valence-corrected chi connectivity index (χ4v) is 2.92. The van der Waals surface area contributed by atoms with E-state index in [1.807, 2.05) is 38.1 Å². The molecule has 2 N–H and O–H groups in total. The van der Waals surface area contributed by atoms with Crippen LogP contribution >= 0.6 is 0 Å². The number of hydrogen-bond acceptors (Lipinski definition) is 4. The van der Waals surface area contributed by atoms with E-state index >= 15 is 0 Å². The molecule has 1 rings (SSSR count). The maximum Gasteiger partial charge on any atom is 0.191 e. The molecule has 0 saturated heterocycles. The quantitative estimate of drug-likeness (QED) is 0.520. The van der Waals surface area contributed by atoms with Crippen molar-refractivity contribution < 1.29 is 13.2 Å². The highest BCUT2D eigenvalue weighted by Gasteiger charge is 2.09. The topological polar surface area (TPSA) is 79.8 Å². The molecule has 1 unspecified atom stereocenters. The lowest BCUT2D eigenvalue weighted by atomic mass is 10.1. The number of hydrogen-bond donors (Lipinski definition) is 2. The monoisotopic (exact) mass is 355 g/mol. The third kappa shape index (κ3) is 8.76. The Bertz CT molecular complexity index is 630.